The van der Waals surface area contributed by atoms with E-state index in [1.165, 1.54) is 12.1 Å². The van der Waals surface area contributed by atoms with Crippen molar-refractivity contribution in [3.05, 3.63) is 53.6 Å². The molecular weight excluding hydrogens is 259 g/mol. The van der Waals surface area contributed by atoms with Gasteiger partial charge >= 0.3 is 5.97 Å². The van der Waals surface area contributed by atoms with Crippen LogP contribution in [0.25, 0.3) is 0 Å². The predicted molar refractivity (Wildman–Crippen MR) is 72.8 cm³/mol. The summed E-state index contributed by atoms with van der Waals surface area (Å²) in [6.07, 6.45) is 5.12. The lowest BCUT2D eigenvalue weighted by molar-refractivity contribution is -0.141. The van der Waals surface area contributed by atoms with Crippen molar-refractivity contribution in [3.63, 3.8) is 0 Å². The van der Waals surface area contributed by atoms with Crippen molar-refractivity contribution in [2.45, 2.75) is 19.3 Å². The van der Waals surface area contributed by atoms with Crippen LogP contribution >= 0.6 is 0 Å². The van der Waals surface area contributed by atoms with Gasteiger partial charge in [-0.05, 0) is 42.5 Å². The molecule has 5 heteroatoms. The Morgan fingerprint density at radius 3 is 2.85 bits per heavy atom. The topological polar surface area (TPSA) is 55.1 Å². The summed E-state index contributed by atoms with van der Waals surface area (Å²) in [5.41, 5.74) is 1.72. The van der Waals surface area contributed by atoms with Crippen LogP contribution in [0, 0.1) is 11.7 Å². The SMILES string of the molecule is Cn1cc(CCC(Cc2cccc(F)c2)C(=O)O)cn1. The van der Waals surface area contributed by atoms with E-state index in [1.54, 1.807) is 23.0 Å². The molecule has 0 amide bonds. The zero-order valence-electron chi connectivity index (χ0n) is 11.3. The van der Waals surface area contributed by atoms with E-state index < -0.39 is 11.9 Å². The minimum atomic E-state index is -0.849. The Balaban J connectivity index is 1.98. The monoisotopic (exact) mass is 276 g/mol. The molecule has 1 heterocycles. The standard InChI is InChI=1S/C15H17FN2O2/c1-18-10-12(9-17-18)5-6-13(15(19)20)7-11-3-2-4-14(16)8-11/h2-4,8-10,13H,5-7H2,1H3,(H,19,20). The number of nitrogens with zero attached hydrogens (tertiary/aromatic N) is 2. The highest BCUT2D eigenvalue weighted by atomic mass is 19.1. The maximum absolute atomic E-state index is 13.1. The highest BCUT2D eigenvalue weighted by molar-refractivity contribution is 5.70. The molecule has 4 nitrogen and oxygen atoms in total. The molecular formula is C15H17FN2O2. The first-order valence-corrected chi connectivity index (χ1v) is 6.49. The van der Waals surface area contributed by atoms with Gasteiger partial charge in [-0.1, -0.05) is 12.1 Å². The van der Waals surface area contributed by atoms with Gasteiger partial charge in [-0.15, -0.1) is 0 Å². The first-order valence-electron chi connectivity index (χ1n) is 6.49. The molecule has 0 saturated carbocycles. The van der Waals surface area contributed by atoms with Crippen LogP contribution in [0.3, 0.4) is 0 Å². The third kappa shape index (κ3) is 3.91. The van der Waals surface area contributed by atoms with E-state index in [0.29, 0.717) is 24.8 Å². The molecule has 1 N–H and O–H groups in total. The summed E-state index contributed by atoms with van der Waals surface area (Å²) in [6.45, 7) is 0. The van der Waals surface area contributed by atoms with E-state index in [0.717, 1.165) is 5.56 Å². The molecule has 20 heavy (non-hydrogen) atoms. The normalized spacial score (nSPS) is 12.3. The van der Waals surface area contributed by atoms with Gasteiger partial charge in [0.05, 0.1) is 12.1 Å². The van der Waals surface area contributed by atoms with Crippen LogP contribution < -0.4 is 0 Å². The number of carbonyl (C=O) groups is 1. The van der Waals surface area contributed by atoms with Crippen LogP contribution in [0.1, 0.15) is 17.5 Å². The molecule has 0 aliphatic rings. The van der Waals surface area contributed by atoms with Crippen LogP contribution in [0.2, 0.25) is 0 Å². The third-order valence-corrected chi connectivity index (χ3v) is 3.26. The zero-order valence-corrected chi connectivity index (χ0v) is 11.3. The minimum Gasteiger partial charge on any atom is -0.481 e. The molecule has 2 aromatic rings. The number of aromatic nitrogens is 2. The van der Waals surface area contributed by atoms with Gasteiger partial charge in [-0.25, -0.2) is 4.39 Å². The fourth-order valence-electron chi connectivity index (χ4n) is 2.20. The summed E-state index contributed by atoms with van der Waals surface area (Å²) in [7, 11) is 1.82. The number of hydrogen-bond acceptors (Lipinski definition) is 2. The number of carboxylic acid groups (broad SMARTS) is 1. The molecule has 0 bridgehead atoms. The van der Waals surface area contributed by atoms with Crippen molar-refractivity contribution in [2.24, 2.45) is 13.0 Å². The van der Waals surface area contributed by atoms with E-state index in [2.05, 4.69) is 5.10 Å². The van der Waals surface area contributed by atoms with Crippen molar-refractivity contribution in [3.8, 4) is 0 Å². The highest BCUT2D eigenvalue weighted by Crippen LogP contribution is 2.16. The van der Waals surface area contributed by atoms with Gasteiger partial charge in [0.1, 0.15) is 5.82 Å². The quantitative estimate of drug-likeness (QED) is 0.881. The maximum Gasteiger partial charge on any atom is 0.306 e. The lowest BCUT2D eigenvalue weighted by atomic mass is 9.93. The third-order valence-electron chi connectivity index (χ3n) is 3.26. The van der Waals surface area contributed by atoms with Gasteiger partial charge in [0, 0.05) is 13.2 Å². The van der Waals surface area contributed by atoms with Crippen molar-refractivity contribution < 1.29 is 14.3 Å². The van der Waals surface area contributed by atoms with Gasteiger partial charge in [-0.2, -0.15) is 5.10 Å². The Morgan fingerprint density at radius 1 is 1.45 bits per heavy atom. The Bertz CT molecular complexity index is 595. The van der Waals surface area contributed by atoms with Crippen LogP contribution in [-0.2, 0) is 24.7 Å². The van der Waals surface area contributed by atoms with Crippen molar-refractivity contribution in [1.82, 2.24) is 9.78 Å². The van der Waals surface area contributed by atoms with Gasteiger partial charge < -0.3 is 5.11 Å². The maximum atomic E-state index is 13.1. The molecule has 2 rings (SSSR count). The van der Waals surface area contributed by atoms with Crippen LogP contribution in [-0.4, -0.2) is 20.9 Å². The summed E-state index contributed by atoms with van der Waals surface area (Å²) < 4.78 is 14.8. The number of aliphatic carboxylic acids is 1. The number of aryl methyl sites for hydroxylation is 2. The Hall–Kier alpha value is -2.17. The lowest BCUT2D eigenvalue weighted by Crippen LogP contribution is -2.17. The first kappa shape index (κ1) is 14.2. The molecule has 1 aromatic carbocycles. The fraction of sp³-hybridized carbons (Fsp3) is 0.333. The molecule has 0 radical (unpaired) electrons. The highest BCUT2D eigenvalue weighted by Gasteiger charge is 2.18. The second kappa shape index (κ2) is 6.32. The molecule has 1 atom stereocenters. The largest absolute Gasteiger partial charge is 0.481 e. The predicted octanol–water partition coefficient (Wildman–Crippen LogP) is 2.44. The smallest absolute Gasteiger partial charge is 0.306 e. The number of carboxylic acids is 1. The summed E-state index contributed by atoms with van der Waals surface area (Å²) in [6, 6.07) is 6.10. The van der Waals surface area contributed by atoms with E-state index in [4.69, 9.17) is 0 Å². The first-order chi connectivity index (χ1) is 9.54. The van der Waals surface area contributed by atoms with Crippen LogP contribution in [0.4, 0.5) is 4.39 Å². The summed E-state index contributed by atoms with van der Waals surface area (Å²) in [5, 5.41) is 13.3. The molecule has 0 saturated heterocycles. The average Bonchev–Trinajstić information content (AvgIpc) is 2.80. The van der Waals surface area contributed by atoms with Gasteiger partial charge in [-0.3, -0.25) is 9.48 Å². The van der Waals surface area contributed by atoms with Crippen molar-refractivity contribution in [2.75, 3.05) is 0 Å². The van der Waals surface area contributed by atoms with Crippen molar-refractivity contribution >= 4 is 5.97 Å². The molecule has 0 aliphatic heterocycles. The Kier molecular flexibility index (Phi) is 4.50. The van der Waals surface area contributed by atoms with E-state index in [-0.39, 0.29) is 5.82 Å². The summed E-state index contributed by atoms with van der Waals surface area (Å²) in [4.78, 5) is 11.3. The van der Waals surface area contributed by atoms with Gasteiger partial charge in [0.15, 0.2) is 0 Å². The van der Waals surface area contributed by atoms with E-state index >= 15 is 0 Å². The van der Waals surface area contributed by atoms with Crippen LogP contribution in [0.15, 0.2) is 36.7 Å². The van der Waals surface area contributed by atoms with Crippen molar-refractivity contribution in [1.29, 1.82) is 0 Å². The van der Waals surface area contributed by atoms with E-state index in [1.807, 2.05) is 13.2 Å². The number of rotatable bonds is 6. The van der Waals surface area contributed by atoms with Gasteiger partial charge in [0.2, 0.25) is 0 Å². The lowest BCUT2D eigenvalue weighted by Gasteiger charge is -2.11. The number of hydrogen-bond donors (Lipinski definition) is 1. The van der Waals surface area contributed by atoms with Crippen LogP contribution in [0.5, 0.6) is 0 Å². The zero-order chi connectivity index (χ0) is 14.5. The van der Waals surface area contributed by atoms with E-state index in [9.17, 15) is 14.3 Å². The Morgan fingerprint density at radius 2 is 2.25 bits per heavy atom. The number of halogens is 1. The molecule has 1 aromatic heterocycles. The fourth-order valence-corrected chi connectivity index (χ4v) is 2.20. The average molecular weight is 276 g/mol. The van der Waals surface area contributed by atoms with Gasteiger partial charge in [0.25, 0.3) is 0 Å². The second-order valence-corrected chi connectivity index (χ2v) is 4.93. The number of benzene rings is 1. The molecule has 106 valence electrons. The molecule has 0 fully saturated rings. The summed E-state index contributed by atoms with van der Waals surface area (Å²) >= 11 is 0. The molecule has 0 spiro atoms. The second-order valence-electron chi connectivity index (χ2n) is 4.93. The minimum absolute atomic E-state index is 0.334. The molecule has 1 unspecified atom stereocenters. The summed E-state index contributed by atoms with van der Waals surface area (Å²) in [5.74, 6) is -1.70. The molecule has 0 aliphatic carbocycles. The Labute approximate surface area is 116 Å².